The fraction of sp³-hybridized carbons (Fsp3) is 0.116. The lowest BCUT2D eigenvalue weighted by Crippen LogP contribution is -2.40. The highest BCUT2D eigenvalue weighted by Gasteiger charge is 2.41. The summed E-state index contributed by atoms with van der Waals surface area (Å²) in [5.41, 5.74) is 9.65. The summed E-state index contributed by atoms with van der Waals surface area (Å²) in [5, 5.41) is 18.5. The molecular formula is C43H35N7O. The molecule has 8 aromatic rings. The zero-order valence-corrected chi connectivity index (χ0v) is 28.3. The third-order valence-electron chi connectivity index (χ3n) is 10.3. The largest absolute Gasteiger partial charge is 0.322 e. The predicted molar refractivity (Wildman–Crippen MR) is 201 cm³/mol. The average molecular weight is 666 g/mol. The second-order valence-electron chi connectivity index (χ2n) is 13.2. The van der Waals surface area contributed by atoms with Crippen LogP contribution in [0.1, 0.15) is 40.8 Å². The minimum absolute atomic E-state index is 0.112. The number of urea groups is 1. The van der Waals surface area contributed by atoms with Gasteiger partial charge in [0.1, 0.15) is 16.7 Å². The number of anilines is 1. The van der Waals surface area contributed by atoms with Crippen LogP contribution in [0, 0.1) is 0 Å². The highest BCUT2D eigenvalue weighted by Crippen LogP contribution is 2.45. The molecule has 0 fully saturated rings. The Hall–Kier alpha value is -6.54. The SMILES string of the molecule is C[C@H](c1ccccc1)N1Cc2cc3c(-c4ccc5nnn(C)c5c4)nn(C(c4ccccc4)(c4ccccc4)c4ccccc4)c3cc2NC1=O. The zero-order chi connectivity index (χ0) is 34.5. The number of rotatable bonds is 7. The number of hydrogen-bond acceptors (Lipinski definition) is 4. The van der Waals surface area contributed by atoms with Gasteiger partial charge in [-0.2, -0.15) is 5.10 Å². The van der Waals surface area contributed by atoms with Crippen LogP contribution in [0.15, 0.2) is 152 Å². The van der Waals surface area contributed by atoms with Gasteiger partial charge in [0.25, 0.3) is 0 Å². The molecule has 0 saturated heterocycles. The van der Waals surface area contributed by atoms with E-state index in [1.165, 1.54) is 0 Å². The van der Waals surface area contributed by atoms with E-state index in [-0.39, 0.29) is 12.1 Å². The van der Waals surface area contributed by atoms with Crippen molar-refractivity contribution >= 4 is 33.7 Å². The molecule has 1 N–H and O–H groups in total. The average Bonchev–Trinajstić information content (AvgIpc) is 3.75. The molecule has 1 aliphatic rings. The van der Waals surface area contributed by atoms with Crippen molar-refractivity contribution < 1.29 is 4.79 Å². The molecule has 6 aromatic carbocycles. The standard InChI is InChI=1S/C43H35N7O/c1-29(30-15-7-3-8-16-30)49-28-32-25-36-39(27-38(32)44-42(49)51)50(46-41(36)31-23-24-37-40(26-31)48(2)47-45-37)43(33-17-9-4-10-18-33,34-19-11-5-12-20-34)35-21-13-6-14-22-35/h3-27,29H,28H2,1-2H3,(H,44,51)/t29-/m1/s1. The van der Waals surface area contributed by atoms with Gasteiger partial charge in [-0.05, 0) is 59.0 Å². The highest BCUT2D eigenvalue weighted by atomic mass is 16.2. The minimum atomic E-state index is -0.862. The third kappa shape index (κ3) is 4.90. The van der Waals surface area contributed by atoms with Gasteiger partial charge in [0, 0.05) is 23.7 Å². The molecule has 0 bridgehead atoms. The van der Waals surface area contributed by atoms with Crippen molar-refractivity contribution in [3.05, 3.63) is 179 Å². The Kier molecular flexibility index (Phi) is 7.24. The molecule has 8 heteroatoms. The predicted octanol–water partition coefficient (Wildman–Crippen LogP) is 8.93. The molecule has 0 radical (unpaired) electrons. The van der Waals surface area contributed by atoms with Gasteiger partial charge >= 0.3 is 6.03 Å². The summed E-state index contributed by atoms with van der Waals surface area (Å²) in [6, 6.07) is 52.1. The van der Waals surface area contributed by atoms with Crippen molar-refractivity contribution in [2.24, 2.45) is 7.05 Å². The molecule has 8 nitrogen and oxygen atoms in total. The first-order valence-electron chi connectivity index (χ1n) is 17.2. The van der Waals surface area contributed by atoms with Crippen LogP contribution in [0.4, 0.5) is 10.5 Å². The number of fused-ring (bicyclic) bond motifs is 3. The third-order valence-corrected chi connectivity index (χ3v) is 10.3. The summed E-state index contributed by atoms with van der Waals surface area (Å²) in [5.74, 6) is 0. The molecule has 2 amide bonds. The maximum Gasteiger partial charge on any atom is 0.322 e. The number of aromatic nitrogens is 5. The number of aryl methyl sites for hydroxylation is 1. The summed E-state index contributed by atoms with van der Waals surface area (Å²) < 4.78 is 3.95. The van der Waals surface area contributed by atoms with E-state index in [4.69, 9.17) is 5.10 Å². The van der Waals surface area contributed by atoms with Crippen LogP contribution < -0.4 is 5.32 Å². The van der Waals surface area contributed by atoms with Crippen molar-refractivity contribution in [2.45, 2.75) is 25.0 Å². The second kappa shape index (κ2) is 12.1. The Balaban J connectivity index is 1.34. The van der Waals surface area contributed by atoms with E-state index in [0.29, 0.717) is 6.54 Å². The normalized spacial score (nSPS) is 13.7. The van der Waals surface area contributed by atoms with Crippen LogP contribution >= 0.6 is 0 Å². The zero-order valence-electron chi connectivity index (χ0n) is 28.3. The van der Waals surface area contributed by atoms with Gasteiger partial charge < -0.3 is 10.2 Å². The maximum absolute atomic E-state index is 13.8. The Morgan fingerprint density at radius 3 is 1.90 bits per heavy atom. The molecule has 3 heterocycles. The first-order chi connectivity index (χ1) is 25.0. The topological polar surface area (TPSA) is 80.9 Å². The van der Waals surface area contributed by atoms with E-state index in [1.807, 2.05) is 54.4 Å². The van der Waals surface area contributed by atoms with Crippen molar-refractivity contribution in [1.82, 2.24) is 29.7 Å². The van der Waals surface area contributed by atoms with Crippen molar-refractivity contribution in [3.63, 3.8) is 0 Å². The van der Waals surface area contributed by atoms with Crippen molar-refractivity contribution in [2.75, 3.05) is 5.32 Å². The number of carbonyl (C=O) groups is 1. The van der Waals surface area contributed by atoms with E-state index >= 15 is 0 Å². The smallest absolute Gasteiger partial charge is 0.313 e. The van der Waals surface area contributed by atoms with Crippen LogP contribution in [0.3, 0.4) is 0 Å². The summed E-state index contributed by atoms with van der Waals surface area (Å²) in [6.07, 6.45) is 0. The molecule has 0 saturated carbocycles. The van der Waals surface area contributed by atoms with Crippen LogP contribution in [-0.2, 0) is 19.1 Å². The molecule has 1 aliphatic heterocycles. The number of carbonyl (C=O) groups excluding carboxylic acids is 1. The quantitative estimate of drug-likeness (QED) is 0.172. The van der Waals surface area contributed by atoms with Crippen LogP contribution in [-0.4, -0.2) is 35.7 Å². The highest BCUT2D eigenvalue weighted by molar-refractivity contribution is 6.01. The number of nitrogens with zero attached hydrogens (tertiary/aromatic N) is 6. The van der Waals surface area contributed by atoms with Crippen molar-refractivity contribution in [1.29, 1.82) is 0 Å². The van der Waals surface area contributed by atoms with Gasteiger partial charge in [-0.3, -0.25) is 0 Å². The number of benzene rings is 6. The number of hydrogen-bond donors (Lipinski definition) is 1. The van der Waals surface area contributed by atoms with E-state index in [1.54, 1.807) is 4.68 Å². The maximum atomic E-state index is 13.8. The molecule has 0 spiro atoms. The lowest BCUT2D eigenvalue weighted by Gasteiger charge is -2.37. The van der Waals surface area contributed by atoms with Crippen LogP contribution in [0.2, 0.25) is 0 Å². The van der Waals surface area contributed by atoms with E-state index < -0.39 is 5.54 Å². The lowest BCUT2D eigenvalue weighted by molar-refractivity contribution is 0.186. The number of amides is 2. The molecule has 1 atom stereocenters. The fourth-order valence-corrected chi connectivity index (χ4v) is 7.67. The van der Waals surface area contributed by atoms with Crippen LogP contribution in [0.5, 0.6) is 0 Å². The summed E-state index contributed by atoms with van der Waals surface area (Å²) in [4.78, 5) is 15.7. The first-order valence-corrected chi connectivity index (χ1v) is 17.2. The fourth-order valence-electron chi connectivity index (χ4n) is 7.67. The molecule has 2 aromatic heterocycles. The summed E-state index contributed by atoms with van der Waals surface area (Å²) in [6.45, 7) is 2.54. The van der Waals surface area contributed by atoms with E-state index in [9.17, 15) is 4.79 Å². The van der Waals surface area contributed by atoms with E-state index in [2.05, 4.69) is 136 Å². The first kappa shape index (κ1) is 30.5. The van der Waals surface area contributed by atoms with Gasteiger partial charge in [0.15, 0.2) is 0 Å². The second-order valence-corrected chi connectivity index (χ2v) is 13.2. The van der Waals surface area contributed by atoms with Crippen molar-refractivity contribution in [3.8, 4) is 11.3 Å². The molecular weight excluding hydrogens is 631 g/mol. The van der Waals surface area contributed by atoms with E-state index in [0.717, 1.165) is 66.7 Å². The Morgan fingerprint density at radius 1 is 0.706 bits per heavy atom. The van der Waals surface area contributed by atoms with Gasteiger partial charge in [-0.15, -0.1) is 5.10 Å². The van der Waals surface area contributed by atoms with Gasteiger partial charge in [0.2, 0.25) is 0 Å². The molecule has 51 heavy (non-hydrogen) atoms. The molecule has 9 rings (SSSR count). The number of nitrogens with one attached hydrogen (secondary N) is 1. The minimum Gasteiger partial charge on any atom is -0.313 e. The summed E-state index contributed by atoms with van der Waals surface area (Å²) >= 11 is 0. The Morgan fingerprint density at radius 2 is 1.29 bits per heavy atom. The summed E-state index contributed by atoms with van der Waals surface area (Å²) in [7, 11) is 1.91. The Bertz CT molecular complexity index is 2430. The van der Waals surface area contributed by atoms with Gasteiger partial charge in [-0.1, -0.05) is 133 Å². The van der Waals surface area contributed by atoms with Crippen LogP contribution in [0.25, 0.3) is 33.2 Å². The monoisotopic (exact) mass is 665 g/mol. The van der Waals surface area contributed by atoms with Gasteiger partial charge in [-0.25, -0.2) is 14.2 Å². The lowest BCUT2D eigenvalue weighted by atomic mass is 9.77. The Labute approximate surface area is 295 Å². The van der Waals surface area contributed by atoms with Gasteiger partial charge in [0.05, 0.1) is 23.6 Å². The molecule has 248 valence electrons. The molecule has 0 aliphatic carbocycles. The molecule has 0 unspecified atom stereocenters.